The monoisotopic (exact) mass is 748 g/mol. The third-order valence-corrected chi connectivity index (χ3v) is 18.8. The molecular formula is C45H68N2O5S. The van der Waals surface area contributed by atoms with Crippen LogP contribution in [0.25, 0.3) is 5.57 Å². The Balaban J connectivity index is 1.08. The van der Waals surface area contributed by atoms with Crippen molar-refractivity contribution in [3.8, 4) is 0 Å². The molecule has 294 valence electrons. The molecule has 53 heavy (non-hydrogen) atoms. The summed E-state index contributed by atoms with van der Waals surface area (Å²) >= 11 is 0. The fraction of sp³-hybridized carbons (Fsp3) is 0.756. The van der Waals surface area contributed by atoms with Crippen molar-refractivity contribution in [3.05, 3.63) is 53.6 Å². The van der Waals surface area contributed by atoms with E-state index in [0.29, 0.717) is 48.2 Å². The van der Waals surface area contributed by atoms with E-state index in [1.165, 1.54) is 68.1 Å². The normalized spacial score (nSPS) is 40.4. The van der Waals surface area contributed by atoms with Gasteiger partial charge in [0.25, 0.3) is 0 Å². The number of carbonyl (C=O) groups is 1. The lowest BCUT2D eigenvalue weighted by molar-refractivity contribution is -0.243. The number of hydrogen-bond acceptors (Lipinski definition) is 6. The van der Waals surface area contributed by atoms with E-state index in [9.17, 15) is 18.3 Å². The minimum atomic E-state index is -2.85. The summed E-state index contributed by atoms with van der Waals surface area (Å²) in [6.45, 7) is 23.8. The minimum absolute atomic E-state index is 0.00678. The van der Waals surface area contributed by atoms with Crippen molar-refractivity contribution in [1.29, 1.82) is 0 Å². The SMILES string of the molecule is C=C(C)[C@@H]1CC[C@]2(CON(C)CCCN3CCS(=O)(=O)CC3)CC[C@]3(C)C(CCC4[C@@]5(C)CC=C(c6ccc(C(=O)O)cc6)C(C)(C)C5CC[C@]43C)C12. The Kier molecular flexibility index (Phi) is 10.3. The Morgan fingerprint density at radius 1 is 0.943 bits per heavy atom. The number of benzene rings is 1. The Labute approximate surface area is 320 Å². The van der Waals surface area contributed by atoms with Crippen molar-refractivity contribution >= 4 is 21.4 Å². The smallest absolute Gasteiger partial charge is 0.335 e. The van der Waals surface area contributed by atoms with Gasteiger partial charge >= 0.3 is 5.97 Å². The van der Waals surface area contributed by atoms with Crippen LogP contribution in [0.5, 0.6) is 0 Å². The Morgan fingerprint density at radius 2 is 1.64 bits per heavy atom. The molecule has 1 heterocycles. The van der Waals surface area contributed by atoms with Gasteiger partial charge in [0.05, 0.1) is 23.7 Å². The summed E-state index contributed by atoms with van der Waals surface area (Å²) in [6, 6.07) is 7.59. The predicted octanol–water partition coefficient (Wildman–Crippen LogP) is 9.02. The number of carboxylic acids is 1. The highest BCUT2D eigenvalue weighted by molar-refractivity contribution is 7.91. The van der Waals surface area contributed by atoms with Gasteiger partial charge in [0, 0.05) is 26.7 Å². The molecule has 1 aliphatic heterocycles. The lowest BCUT2D eigenvalue weighted by Crippen LogP contribution is -2.65. The number of hydrogen-bond donors (Lipinski definition) is 1. The standard InChI is InChI=1S/C45H68N2O5S/c1-31(2)34-16-21-45(30-52-46(8)24-9-25-47-26-28-53(50,51)29-27-47)23-22-43(6)36(39(34)45)14-15-38-42(5)19-17-35(32-10-12-33(13-11-32)40(48)49)41(3,4)37(42)18-20-44(38,43)7/h10-13,17,34,36-39H,1,9,14-16,18-30H2,2-8H3,(H,48,49)/t34-,36?,37?,38?,39?,42-,43+,44+,45+/m0/s1. The molecule has 5 fully saturated rings. The second-order valence-corrected chi connectivity index (χ2v) is 22.2. The van der Waals surface area contributed by atoms with E-state index in [-0.39, 0.29) is 38.6 Å². The maximum Gasteiger partial charge on any atom is 0.335 e. The molecular weight excluding hydrogens is 681 g/mol. The van der Waals surface area contributed by atoms with Crippen molar-refractivity contribution in [1.82, 2.24) is 9.96 Å². The first-order valence-corrected chi connectivity index (χ1v) is 22.7. The topological polar surface area (TPSA) is 87.2 Å². The zero-order valence-electron chi connectivity index (χ0n) is 33.9. The summed E-state index contributed by atoms with van der Waals surface area (Å²) in [5.74, 6) is 2.78. The average molecular weight is 749 g/mol. The number of carboxylic acid groups (broad SMARTS) is 1. The average Bonchev–Trinajstić information content (AvgIpc) is 3.49. The third-order valence-electron chi connectivity index (χ3n) is 17.2. The van der Waals surface area contributed by atoms with Crippen LogP contribution >= 0.6 is 0 Å². The number of aromatic carboxylic acids is 1. The molecule has 0 bridgehead atoms. The molecule has 0 spiro atoms. The molecule has 1 saturated heterocycles. The van der Waals surface area contributed by atoms with Crippen molar-refractivity contribution in [3.63, 3.8) is 0 Å². The maximum atomic E-state index is 11.9. The summed E-state index contributed by atoms with van der Waals surface area (Å²) < 4.78 is 23.7. The molecule has 1 aromatic rings. The second-order valence-electron chi connectivity index (χ2n) is 19.9. The molecule has 8 heteroatoms. The number of nitrogens with zero attached hydrogens (tertiary/aromatic N) is 2. The molecule has 1 aromatic carbocycles. The summed E-state index contributed by atoms with van der Waals surface area (Å²) in [7, 11) is -0.759. The van der Waals surface area contributed by atoms with Crippen LogP contribution in [-0.2, 0) is 14.7 Å². The van der Waals surface area contributed by atoms with Crippen molar-refractivity contribution in [2.75, 3.05) is 51.3 Å². The molecule has 1 N–H and O–H groups in total. The van der Waals surface area contributed by atoms with E-state index < -0.39 is 15.8 Å². The van der Waals surface area contributed by atoms with Crippen LogP contribution < -0.4 is 0 Å². The summed E-state index contributed by atoms with van der Waals surface area (Å²) in [5, 5.41) is 11.6. The van der Waals surface area contributed by atoms with Crippen molar-refractivity contribution in [2.24, 2.45) is 56.7 Å². The first kappa shape index (κ1) is 39.2. The molecule has 0 amide bonds. The molecule has 4 unspecified atom stereocenters. The van der Waals surface area contributed by atoms with Gasteiger partial charge in [0.2, 0.25) is 0 Å². The largest absolute Gasteiger partial charge is 0.478 e. The van der Waals surface area contributed by atoms with E-state index in [4.69, 9.17) is 4.84 Å². The van der Waals surface area contributed by atoms with Crippen LogP contribution in [0.1, 0.15) is 122 Å². The van der Waals surface area contributed by atoms with Gasteiger partial charge in [-0.05, 0) is 158 Å². The lowest BCUT2D eigenvalue weighted by Gasteiger charge is -2.72. The van der Waals surface area contributed by atoms with Gasteiger partial charge in [-0.1, -0.05) is 65.0 Å². The number of rotatable bonds is 10. The number of fused-ring (bicyclic) bond motifs is 7. The first-order chi connectivity index (χ1) is 24.9. The number of hydroxylamine groups is 2. The summed E-state index contributed by atoms with van der Waals surface area (Å²) in [6.07, 6.45) is 14.7. The van der Waals surface area contributed by atoms with Gasteiger partial charge in [0.1, 0.15) is 0 Å². The van der Waals surface area contributed by atoms with E-state index in [1.807, 2.05) is 12.1 Å². The van der Waals surface area contributed by atoms with E-state index in [0.717, 1.165) is 32.5 Å². The van der Waals surface area contributed by atoms with Gasteiger partial charge in [-0.3, -0.25) is 4.84 Å². The molecule has 0 radical (unpaired) electrons. The minimum Gasteiger partial charge on any atom is -0.478 e. The molecule has 4 saturated carbocycles. The zero-order valence-corrected chi connectivity index (χ0v) is 34.7. The highest BCUT2D eigenvalue weighted by Gasteiger charge is 2.70. The van der Waals surface area contributed by atoms with Crippen LogP contribution in [0.3, 0.4) is 0 Å². The quantitative estimate of drug-likeness (QED) is 0.189. The fourth-order valence-corrected chi connectivity index (χ4v) is 15.5. The van der Waals surface area contributed by atoms with E-state index in [1.54, 1.807) is 12.1 Å². The highest BCUT2D eigenvalue weighted by Crippen LogP contribution is 2.77. The van der Waals surface area contributed by atoms with Crippen LogP contribution in [0.15, 0.2) is 42.5 Å². The predicted molar refractivity (Wildman–Crippen MR) is 214 cm³/mol. The van der Waals surface area contributed by atoms with Gasteiger partial charge in [-0.2, -0.15) is 5.06 Å². The van der Waals surface area contributed by atoms with E-state index >= 15 is 0 Å². The third kappa shape index (κ3) is 6.51. The number of allylic oxidation sites excluding steroid dienone is 3. The Hall–Kier alpha value is -2.00. The molecule has 5 aliphatic carbocycles. The maximum absolute atomic E-state index is 11.9. The summed E-state index contributed by atoms with van der Waals surface area (Å²) in [5.41, 5.74) is 5.24. The molecule has 0 aromatic heterocycles. The molecule has 6 aliphatic rings. The highest BCUT2D eigenvalue weighted by atomic mass is 32.2. The zero-order chi connectivity index (χ0) is 38.2. The van der Waals surface area contributed by atoms with E-state index in [2.05, 4.69) is 71.2 Å². The summed E-state index contributed by atoms with van der Waals surface area (Å²) in [4.78, 5) is 20.6. The Morgan fingerprint density at radius 3 is 2.30 bits per heavy atom. The van der Waals surface area contributed by atoms with Gasteiger partial charge in [0.15, 0.2) is 9.84 Å². The molecule has 7 nitrogen and oxygen atoms in total. The molecule has 7 rings (SSSR count). The van der Waals surface area contributed by atoms with Crippen LogP contribution in [0.4, 0.5) is 0 Å². The van der Waals surface area contributed by atoms with Crippen LogP contribution in [0.2, 0.25) is 0 Å². The second kappa shape index (κ2) is 13.9. The Bertz CT molecular complexity index is 1710. The first-order valence-electron chi connectivity index (χ1n) is 20.8. The van der Waals surface area contributed by atoms with Gasteiger partial charge in [-0.25, -0.2) is 13.2 Å². The van der Waals surface area contributed by atoms with Crippen molar-refractivity contribution in [2.45, 2.75) is 106 Å². The molecule has 9 atom stereocenters. The fourth-order valence-electron chi connectivity index (χ4n) is 14.2. The lowest BCUT2D eigenvalue weighted by atomic mass is 9.32. The van der Waals surface area contributed by atoms with Crippen LogP contribution in [-0.4, -0.2) is 80.8 Å². The van der Waals surface area contributed by atoms with Crippen molar-refractivity contribution < 1.29 is 23.2 Å². The van der Waals surface area contributed by atoms with Gasteiger partial charge < -0.3 is 10.0 Å². The number of sulfone groups is 1. The van der Waals surface area contributed by atoms with Crippen LogP contribution in [0, 0.1) is 56.7 Å². The van der Waals surface area contributed by atoms with Gasteiger partial charge in [-0.15, -0.1) is 0 Å².